The number of piperazine rings is 1. The van der Waals surface area contributed by atoms with Crippen molar-refractivity contribution in [1.29, 1.82) is 0 Å². The number of nitrogens with zero attached hydrogens (tertiary/aromatic N) is 3. The van der Waals surface area contributed by atoms with Gasteiger partial charge in [-0.2, -0.15) is 4.31 Å². The van der Waals surface area contributed by atoms with Crippen molar-refractivity contribution in [3.05, 3.63) is 39.9 Å². The number of aryl methyl sites for hydroxylation is 3. The normalized spacial score (nSPS) is 16.1. The van der Waals surface area contributed by atoms with Gasteiger partial charge in [-0.3, -0.25) is 4.79 Å². The van der Waals surface area contributed by atoms with Crippen LogP contribution >= 0.6 is 11.3 Å². The smallest absolute Gasteiger partial charge is 0.265 e. The number of carbonyl (C=O) groups is 1. The molecular formula is C18H23N3O3S2. The highest BCUT2D eigenvalue weighted by atomic mass is 32.2. The van der Waals surface area contributed by atoms with Gasteiger partial charge in [0.25, 0.3) is 5.91 Å². The van der Waals surface area contributed by atoms with Crippen LogP contribution in [0.1, 0.15) is 26.5 Å². The molecule has 0 unspecified atom stereocenters. The number of thiazole rings is 1. The zero-order valence-corrected chi connectivity index (χ0v) is 17.1. The number of benzene rings is 1. The summed E-state index contributed by atoms with van der Waals surface area (Å²) in [7, 11) is -3.20. The van der Waals surface area contributed by atoms with Crippen LogP contribution in [-0.4, -0.2) is 60.9 Å². The molecular weight excluding hydrogens is 370 g/mol. The molecule has 2 aromatic rings. The van der Waals surface area contributed by atoms with Crippen LogP contribution in [0, 0.1) is 20.8 Å². The van der Waals surface area contributed by atoms with Gasteiger partial charge >= 0.3 is 0 Å². The molecule has 0 N–H and O–H groups in total. The molecule has 1 aromatic carbocycles. The lowest BCUT2D eigenvalue weighted by atomic mass is 10.1. The lowest BCUT2D eigenvalue weighted by Gasteiger charge is -2.33. The highest BCUT2D eigenvalue weighted by Gasteiger charge is 2.28. The molecule has 0 aliphatic carbocycles. The van der Waals surface area contributed by atoms with Gasteiger partial charge in [-0.1, -0.05) is 23.8 Å². The molecule has 26 heavy (non-hydrogen) atoms. The number of hydrogen-bond donors (Lipinski definition) is 0. The van der Waals surface area contributed by atoms with E-state index in [1.54, 1.807) is 4.90 Å². The Morgan fingerprint density at radius 1 is 1.12 bits per heavy atom. The Morgan fingerprint density at radius 3 is 2.35 bits per heavy atom. The quantitative estimate of drug-likeness (QED) is 0.803. The predicted molar refractivity (Wildman–Crippen MR) is 104 cm³/mol. The molecule has 0 saturated carbocycles. The summed E-state index contributed by atoms with van der Waals surface area (Å²) in [4.78, 5) is 19.8. The largest absolute Gasteiger partial charge is 0.335 e. The van der Waals surface area contributed by atoms with E-state index in [1.165, 1.54) is 27.5 Å². The molecule has 1 aliphatic rings. The van der Waals surface area contributed by atoms with Gasteiger partial charge in [-0.05, 0) is 26.3 Å². The summed E-state index contributed by atoms with van der Waals surface area (Å²) >= 11 is 1.41. The van der Waals surface area contributed by atoms with E-state index in [4.69, 9.17) is 0 Å². The summed E-state index contributed by atoms with van der Waals surface area (Å²) in [6.45, 7) is 7.44. The van der Waals surface area contributed by atoms with E-state index in [-0.39, 0.29) is 5.91 Å². The summed E-state index contributed by atoms with van der Waals surface area (Å²) in [5.74, 6) is -0.0656. The van der Waals surface area contributed by atoms with Gasteiger partial charge in [0, 0.05) is 31.7 Å². The number of sulfonamides is 1. The second-order valence-corrected chi connectivity index (χ2v) is 9.69. The van der Waals surface area contributed by atoms with Crippen LogP contribution in [0.4, 0.5) is 0 Å². The fourth-order valence-corrected chi connectivity index (χ4v) is 5.08. The van der Waals surface area contributed by atoms with E-state index in [1.807, 2.05) is 26.0 Å². The van der Waals surface area contributed by atoms with Crippen molar-refractivity contribution in [3.63, 3.8) is 0 Å². The van der Waals surface area contributed by atoms with Gasteiger partial charge in [0.2, 0.25) is 10.0 Å². The molecule has 6 nitrogen and oxygen atoms in total. The lowest BCUT2D eigenvalue weighted by Crippen LogP contribution is -2.50. The standard InChI is InChI=1S/C18H23N3O3S2/c1-12-5-6-15(13(2)11-12)17-19-14(3)16(25-17)18(22)20-7-9-21(10-8-20)26(4,23)24/h5-6,11H,7-10H2,1-4H3. The van der Waals surface area contributed by atoms with E-state index in [2.05, 4.69) is 18.0 Å². The topological polar surface area (TPSA) is 70.6 Å². The first-order valence-electron chi connectivity index (χ1n) is 8.46. The van der Waals surface area contributed by atoms with Gasteiger partial charge in [-0.25, -0.2) is 13.4 Å². The first-order chi connectivity index (χ1) is 12.2. The number of carbonyl (C=O) groups excluding carboxylic acids is 1. The zero-order chi connectivity index (χ0) is 19.1. The maximum atomic E-state index is 12.9. The molecule has 0 bridgehead atoms. The molecule has 8 heteroatoms. The third kappa shape index (κ3) is 3.82. The molecule has 140 valence electrons. The Labute approximate surface area is 158 Å². The molecule has 1 aromatic heterocycles. The van der Waals surface area contributed by atoms with Crippen molar-refractivity contribution < 1.29 is 13.2 Å². The van der Waals surface area contributed by atoms with E-state index in [0.717, 1.165) is 21.8 Å². The molecule has 2 heterocycles. The molecule has 0 atom stereocenters. The fraction of sp³-hybridized carbons (Fsp3) is 0.444. The minimum absolute atomic E-state index is 0.0656. The summed E-state index contributed by atoms with van der Waals surface area (Å²) in [5.41, 5.74) is 4.10. The molecule has 1 fully saturated rings. The third-order valence-corrected chi connectivity index (χ3v) is 7.08. The van der Waals surface area contributed by atoms with Crippen LogP contribution in [0.15, 0.2) is 18.2 Å². The average Bonchev–Trinajstić information content (AvgIpc) is 2.95. The number of hydrogen-bond acceptors (Lipinski definition) is 5. The molecule has 1 amide bonds. The van der Waals surface area contributed by atoms with Gasteiger partial charge in [0.05, 0.1) is 11.9 Å². The van der Waals surface area contributed by atoms with Gasteiger partial charge in [0.1, 0.15) is 9.88 Å². The van der Waals surface area contributed by atoms with Crippen molar-refractivity contribution >= 4 is 27.3 Å². The second-order valence-electron chi connectivity index (χ2n) is 6.71. The summed E-state index contributed by atoms with van der Waals surface area (Å²) in [5, 5.41) is 0.845. The Hall–Kier alpha value is -1.77. The number of rotatable bonds is 3. The van der Waals surface area contributed by atoms with Gasteiger partial charge in [0.15, 0.2) is 0 Å². The van der Waals surface area contributed by atoms with Crippen LogP contribution in [0.25, 0.3) is 10.6 Å². The number of aromatic nitrogens is 1. The summed E-state index contributed by atoms with van der Waals surface area (Å²) in [6.07, 6.45) is 1.20. The fourth-order valence-electron chi connectivity index (χ4n) is 3.13. The van der Waals surface area contributed by atoms with Crippen molar-refractivity contribution in [3.8, 4) is 10.6 Å². The van der Waals surface area contributed by atoms with E-state index < -0.39 is 10.0 Å². The third-order valence-electron chi connectivity index (χ3n) is 4.60. The first kappa shape index (κ1) is 19.0. The van der Waals surface area contributed by atoms with Crippen LogP contribution in [-0.2, 0) is 10.0 Å². The van der Waals surface area contributed by atoms with E-state index >= 15 is 0 Å². The maximum Gasteiger partial charge on any atom is 0.265 e. The Balaban J connectivity index is 1.80. The van der Waals surface area contributed by atoms with Gasteiger partial charge < -0.3 is 4.90 Å². The molecule has 3 rings (SSSR count). The second kappa shape index (κ2) is 7.09. The van der Waals surface area contributed by atoms with Crippen LogP contribution < -0.4 is 0 Å². The average molecular weight is 394 g/mol. The zero-order valence-electron chi connectivity index (χ0n) is 15.4. The minimum Gasteiger partial charge on any atom is -0.335 e. The van der Waals surface area contributed by atoms with E-state index in [0.29, 0.717) is 31.1 Å². The number of amides is 1. The van der Waals surface area contributed by atoms with E-state index in [9.17, 15) is 13.2 Å². The lowest BCUT2D eigenvalue weighted by molar-refractivity contribution is 0.0702. The molecule has 0 radical (unpaired) electrons. The molecule has 0 spiro atoms. The SMILES string of the molecule is Cc1ccc(-c2nc(C)c(C(=O)N3CCN(S(C)(=O)=O)CC3)s2)c(C)c1. The van der Waals surface area contributed by atoms with Crippen LogP contribution in [0.2, 0.25) is 0 Å². The predicted octanol–water partition coefficient (Wildman–Crippen LogP) is 2.45. The molecule has 1 saturated heterocycles. The highest BCUT2D eigenvalue weighted by molar-refractivity contribution is 7.88. The van der Waals surface area contributed by atoms with Crippen molar-refractivity contribution in [2.24, 2.45) is 0 Å². The Kier molecular flexibility index (Phi) is 5.18. The summed E-state index contributed by atoms with van der Waals surface area (Å²) in [6, 6.07) is 6.20. The molecule has 1 aliphatic heterocycles. The maximum absolute atomic E-state index is 12.9. The minimum atomic E-state index is -3.20. The van der Waals surface area contributed by atoms with Crippen molar-refractivity contribution in [2.75, 3.05) is 32.4 Å². The monoisotopic (exact) mass is 393 g/mol. The van der Waals surface area contributed by atoms with Crippen LogP contribution in [0.5, 0.6) is 0 Å². The van der Waals surface area contributed by atoms with Crippen molar-refractivity contribution in [1.82, 2.24) is 14.2 Å². The van der Waals surface area contributed by atoms with Gasteiger partial charge in [-0.15, -0.1) is 11.3 Å². The summed E-state index contributed by atoms with van der Waals surface area (Å²) < 4.78 is 24.6. The Bertz CT molecular complexity index is 943. The van der Waals surface area contributed by atoms with Crippen LogP contribution in [0.3, 0.4) is 0 Å². The first-order valence-corrected chi connectivity index (χ1v) is 11.1. The Morgan fingerprint density at radius 2 is 1.77 bits per heavy atom. The highest BCUT2D eigenvalue weighted by Crippen LogP contribution is 2.31. The van der Waals surface area contributed by atoms with Crippen molar-refractivity contribution in [2.45, 2.75) is 20.8 Å².